The van der Waals surface area contributed by atoms with Gasteiger partial charge in [-0.2, -0.15) is 0 Å². The minimum absolute atomic E-state index is 0. The zero-order chi connectivity index (χ0) is 22.7. The Bertz CT molecular complexity index is 911. The van der Waals surface area contributed by atoms with Crippen molar-refractivity contribution in [3.63, 3.8) is 0 Å². The second-order valence-electron chi connectivity index (χ2n) is 5.45. The summed E-state index contributed by atoms with van der Waals surface area (Å²) in [6.07, 6.45) is 0. The van der Waals surface area contributed by atoms with Crippen molar-refractivity contribution in [2.45, 2.75) is 0 Å². The molecule has 3 rings (SSSR count). The molecule has 3 N–H and O–H groups in total. The van der Waals surface area contributed by atoms with Crippen molar-refractivity contribution in [2.75, 3.05) is 0 Å². The molecule has 10 heteroatoms. The van der Waals surface area contributed by atoms with Gasteiger partial charge in [-0.3, -0.25) is 0 Å². The zero-order valence-corrected chi connectivity index (χ0v) is 19.8. The number of carboxylic acids is 3. The van der Waals surface area contributed by atoms with Crippen molar-refractivity contribution in [1.82, 2.24) is 0 Å². The van der Waals surface area contributed by atoms with Crippen LogP contribution in [0, 0.1) is 0 Å². The van der Waals surface area contributed by atoms with E-state index in [1.54, 1.807) is 36.4 Å². The largest absolute Gasteiger partial charge is 0.478 e. The fourth-order valence-corrected chi connectivity index (χ4v) is 2.44. The third kappa shape index (κ3) is 11.7. The summed E-state index contributed by atoms with van der Waals surface area (Å²) in [6.45, 7) is 0. The Morgan fingerprint density at radius 2 is 0.742 bits per heavy atom. The SMILES string of the molecule is O=C(O)c1cccc(Cl)c1.O=C(O)c1cccc(Cl)c1.O=C(O)c1cccc(Cl)c1.[Sc]. The normalized spacial score (nSPS) is 9.00. The first-order valence-electron chi connectivity index (χ1n) is 8.06. The molecule has 0 aliphatic rings. The van der Waals surface area contributed by atoms with Gasteiger partial charge in [0.1, 0.15) is 0 Å². The number of hydrogen-bond donors (Lipinski definition) is 3. The molecule has 0 aromatic heterocycles. The van der Waals surface area contributed by atoms with E-state index in [-0.39, 0.29) is 42.5 Å². The summed E-state index contributed by atoms with van der Waals surface area (Å²) in [6, 6.07) is 18.4. The topological polar surface area (TPSA) is 112 Å². The number of halogens is 3. The van der Waals surface area contributed by atoms with Crippen LogP contribution in [-0.2, 0) is 25.8 Å². The van der Waals surface area contributed by atoms with E-state index < -0.39 is 17.9 Å². The summed E-state index contributed by atoms with van der Waals surface area (Å²) in [5.41, 5.74) is 0.646. The summed E-state index contributed by atoms with van der Waals surface area (Å²) in [5.74, 6) is -2.87. The van der Waals surface area contributed by atoms with Gasteiger partial charge in [0.05, 0.1) is 16.7 Å². The van der Waals surface area contributed by atoms with E-state index in [1.807, 2.05) is 0 Å². The molecule has 0 atom stereocenters. The average molecular weight is 515 g/mol. The van der Waals surface area contributed by atoms with Crippen LogP contribution in [0.25, 0.3) is 0 Å². The molecular weight excluding hydrogens is 500 g/mol. The van der Waals surface area contributed by atoms with Crippen LogP contribution in [-0.4, -0.2) is 33.2 Å². The molecule has 6 nitrogen and oxygen atoms in total. The molecule has 1 radical (unpaired) electrons. The Morgan fingerprint density at radius 3 is 0.871 bits per heavy atom. The summed E-state index contributed by atoms with van der Waals surface area (Å²) in [5, 5.41) is 26.7. The monoisotopic (exact) mass is 513 g/mol. The molecule has 0 saturated carbocycles. The van der Waals surface area contributed by atoms with Gasteiger partial charge < -0.3 is 15.3 Å². The summed E-state index contributed by atoms with van der Waals surface area (Å²) < 4.78 is 0. The Morgan fingerprint density at radius 1 is 0.516 bits per heavy atom. The van der Waals surface area contributed by atoms with Crippen LogP contribution in [0.4, 0.5) is 0 Å². The molecule has 0 amide bonds. The Hall–Kier alpha value is -2.19. The molecule has 0 unspecified atom stereocenters. The molecule has 3 aromatic carbocycles. The third-order valence-corrected chi connectivity index (χ3v) is 3.92. The maximum absolute atomic E-state index is 10.3. The summed E-state index contributed by atoms with van der Waals surface area (Å²) in [4.78, 5) is 30.9. The van der Waals surface area contributed by atoms with E-state index in [9.17, 15) is 14.4 Å². The predicted molar refractivity (Wildman–Crippen MR) is 115 cm³/mol. The maximum atomic E-state index is 10.3. The van der Waals surface area contributed by atoms with Gasteiger partial charge in [0.15, 0.2) is 0 Å². The Balaban J connectivity index is 0.000000429. The van der Waals surface area contributed by atoms with Crippen molar-refractivity contribution in [1.29, 1.82) is 0 Å². The molecular formula is C21H15Cl3O6Sc. The van der Waals surface area contributed by atoms with Crippen LogP contribution in [0.2, 0.25) is 15.1 Å². The van der Waals surface area contributed by atoms with Gasteiger partial charge >= 0.3 is 17.9 Å². The number of aromatic carboxylic acids is 3. The van der Waals surface area contributed by atoms with Crippen LogP contribution >= 0.6 is 34.8 Å². The fourth-order valence-electron chi connectivity index (χ4n) is 1.86. The van der Waals surface area contributed by atoms with Crippen molar-refractivity contribution < 1.29 is 55.5 Å². The van der Waals surface area contributed by atoms with E-state index in [0.717, 1.165) is 0 Å². The van der Waals surface area contributed by atoms with Gasteiger partial charge in [-0.1, -0.05) is 53.0 Å². The summed E-state index contributed by atoms with van der Waals surface area (Å²) in [7, 11) is 0. The van der Waals surface area contributed by atoms with Crippen molar-refractivity contribution in [2.24, 2.45) is 0 Å². The standard InChI is InChI=1S/3C7H5ClO2.Sc/c3*8-6-3-1-2-5(4-6)7(9)10;/h3*1-4H,(H,9,10);. The third-order valence-electron chi connectivity index (χ3n) is 3.21. The van der Waals surface area contributed by atoms with Crippen LogP contribution in [0.3, 0.4) is 0 Å². The second kappa shape index (κ2) is 14.8. The van der Waals surface area contributed by atoms with E-state index in [2.05, 4.69) is 0 Å². The maximum Gasteiger partial charge on any atom is 0.335 e. The second-order valence-corrected chi connectivity index (χ2v) is 6.76. The zero-order valence-electron chi connectivity index (χ0n) is 15.7. The van der Waals surface area contributed by atoms with E-state index in [0.29, 0.717) is 15.1 Å². The Labute approximate surface area is 211 Å². The smallest absolute Gasteiger partial charge is 0.335 e. The quantitative estimate of drug-likeness (QED) is 0.389. The number of carbonyl (C=O) groups is 3. The van der Waals surface area contributed by atoms with Gasteiger partial charge in [-0.25, -0.2) is 14.4 Å². The van der Waals surface area contributed by atoms with Crippen LogP contribution < -0.4 is 0 Å². The molecule has 0 aliphatic heterocycles. The molecule has 3 aromatic rings. The van der Waals surface area contributed by atoms with Gasteiger partial charge in [0, 0.05) is 40.9 Å². The molecule has 0 heterocycles. The van der Waals surface area contributed by atoms with Crippen molar-refractivity contribution >= 4 is 52.7 Å². The summed E-state index contributed by atoms with van der Waals surface area (Å²) >= 11 is 16.6. The number of rotatable bonds is 3. The molecule has 0 aliphatic carbocycles. The molecule has 0 fully saturated rings. The predicted octanol–water partition coefficient (Wildman–Crippen LogP) is 6.11. The molecule has 31 heavy (non-hydrogen) atoms. The average Bonchev–Trinajstić information content (AvgIpc) is 2.69. The first-order chi connectivity index (χ1) is 14.1. The number of hydrogen-bond acceptors (Lipinski definition) is 3. The molecule has 0 saturated heterocycles. The van der Waals surface area contributed by atoms with Gasteiger partial charge in [0.2, 0.25) is 0 Å². The number of benzene rings is 3. The van der Waals surface area contributed by atoms with Crippen molar-refractivity contribution in [3.8, 4) is 0 Å². The van der Waals surface area contributed by atoms with Crippen molar-refractivity contribution in [3.05, 3.63) is 105 Å². The fraction of sp³-hybridized carbons (Fsp3) is 0. The van der Waals surface area contributed by atoms with Crippen LogP contribution in [0.5, 0.6) is 0 Å². The molecule has 159 valence electrons. The van der Waals surface area contributed by atoms with E-state index >= 15 is 0 Å². The minimum atomic E-state index is -0.956. The molecule has 0 spiro atoms. The first kappa shape index (κ1) is 28.8. The first-order valence-corrected chi connectivity index (χ1v) is 9.20. The Kier molecular flexibility index (Phi) is 13.7. The minimum Gasteiger partial charge on any atom is -0.478 e. The van der Waals surface area contributed by atoms with Gasteiger partial charge in [0.25, 0.3) is 0 Å². The number of carboxylic acid groups (broad SMARTS) is 3. The molecule has 0 bridgehead atoms. The van der Waals surface area contributed by atoms with Gasteiger partial charge in [-0.15, -0.1) is 0 Å². The van der Waals surface area contributed by atoms with Crippen LogP contribution in [0.15, 0.2) is 72.8 Å². The van der Waals surface area contributed by atoms with E-state index in [1.165, 1.54) is 36.4 Å². The van der Waals surface area contributed by atoms with Crippen LogP contribution in [0.1, 0.15) is 31.1 Å². The van der Waals surface area contributed by atoms with Gasteiger partial charge in [-0.05, 0) is 54.6 Å². The van der Waals surface area contributed by atoms with E-state index in [4.69, 9.17) is 50.1 Å².